The smallest absolute Gasteiger partial charge is 0.256 e. The highest BCUT2D eigenvalue weighted by Gasteiger charge is 2.23. The van der Waals surface area contributed by atoms with Crippen LogP contribution >= 0.6 is 11.3 Å². The SMILES string of the molecule is CC(NS(=O)(=O)c1ccnn1C)c1ccc(S(N)(=O)=O)s1. The second kappa shape index (κ2) is 5.50. The van der Waals surface area contributed by atoms with Crippen molar-refractivity contribution in [2.24, 2.45) is 12.2 Å². The molecule has 0 amide bonds. The molecule has 2 heterocycles. The van der Waals surface area contributed by atoms with Crippen LogP contribution in [0.2, 0.25) is 0 Å². The van der Waals surface area contributed by atoms with Crippen LogP contribution in [0.15, 0.2) is 33.6 Å². The fraction of sp³-hybridized carbons (Fsp3) is 0.300. The van der Waals surface area contributed by atoms with Crippen LogP contribution in [0, 0.1) is 0 Å². The van der Waals surface area contributed by atoms with Gasteiger partial charge in [-0.05, 0) is 25.1 Å². The highest BCUT2D eigenvalue weighted by atomic mass is 32.2. The Morgan fingerprint density at radius 1 is 1.29 bits per heavy atom. The van der Waals surface area contributed by atoms with Crippen LogP contribution in [0.1, 0.15) is 17.8 Å². The number of aryl methyl sites for hydroxylation is 1. The van der Waals surface area contributed by atoms with Crippen LogP contribution in [-0.4, -0.2) is 26.6 Å². The van der Waals surface area contributed by atoms with Crippen LogP contribution in [0.3, 0.4) is 0 Å². The molecule has 116 valence electrons. The van der Waals surface area contributed by atoms with Crippen molar-refractivity contribution in [3.05, 3.63) is 29.3 Å². The van der Waals surface area contributed by atoms with E-state index in [4.69, 9.17) is 5.14 Å². The van der Waals surface area contributed by atoms with E-state index in [0.717, 1.165) is 11.3 Å². The Morgan fingerprint density at radius 3 is 2.43 bits per heavy atom. The Morgan fingerprint density at radius 2 is 1.95 bits per heavy atom. The summed E-state index contributed by atoms with van der Waals surface area (Å²) >= 11 is 0.928. The molecule has 8 nitrogen and oxygen atoms in total. The lowest BCUT2D eigenvalue weighted by Gasteiger charge is -2.12. The molecule has 3 N–H and O–H groups in total. The molecule has 2 aromatic heterocycles. The fourth-order valence-electron chi connectivity index (χ4n) is 1.70. The summed E-state index contributed by atoms with van der Waals surface area (Å²) in [5.41, 5.74) is 0. The third kappa shape index (κ3) is 3.49. The van der Waals surface area contributed by atoms with Crippen molar-refractivity contribution in [2.75, 3.05) is 0 Å². The van der Waals surface area contributed by atoms with Crippen LogP contribution in [0.25, 0.3) is 0 Å². The highest BCUT2D eigenvalue weighted by molar-refractivity contribution is 7.91. The van der Waals surface area contributed by atoms with Gasteiger partial charge in [0, 0.05) is 11.9 Å². The van der Waals surface area contributed by atoms with Crippen LogP contribution in [-0.2, 0) is 27.1 Å². The van der Waals surface area contributed by atoms with Gasteiger partial charge in [0.1, 0.15) is 4.21 Å². The van der Waals surface area contributed by atoms with Crippen molar-refractivity contribution in [1.29, 1.82) is 0 Å². The summed E-state index contributed by atoms with van der Waals surface area (Å²) in [4.78, 5) is 0.546. The zero-order chi connectivity index (χ0) is 15.8. The van der Waals surface area contributed by atoms with E-state index in [0.29, 0.717) is 4.88 Å². The van der Waals surface area contributed by atoms with Crippen LogP contribution < -0.4 is 9.86 Å². The normalized spacial score (nSPS) is 14.2. The average molecular weight is 350 g/mol. The van der Waals surface area contributed by atoms with Crippen LogP contribution in [0.4, 0.5) is 0 Å². The predicted octanol–water partition coefficient (Wildman–Crippen LogP) is 0.169. The maximum absolute atomic E-state index is 12.2. The third-order valence-electron chi connectivity index (χ3n) is 2.69. The van der Waals surface area contributed by atoms with Gasteiger partial charge in [0.05, 0.1) is 12.2 Å². The summed E-state index contributed by atoms with van der Waals surface area (Å²) in [7, 11) is -6.01. The van der Waals surface area contributed by atoms with Gasteiger partial charge in [-0.15, -0.1) is 11.3 Å². The van der Waals surface area contributed by atoms with Crippen molar-refractivity contribution in [3.63, 3.8) is 0 Å². The number of thiophene rings is 1. The number of sulfonamides is 2. The first-order valence-electron chi connectivity index (χ1n) is 5.74. The topological polar surface area (TPSA) is 124 Å². The van der Waals surface area contributed by atoms with Gasteiger partial charge in [-0.25, -0.2) is 26.7 Å². The van der Waals surface area contributed by atoms with Crippen molar-refractivity contribution in [2.45, 2.75) is 22.2 Å². The van der Waals surface area contributed by atoms with Gasteiger partial charge < -0.3 is 0 Å². The molecule has 0 spiro atoms. The van der Waals surface area contributed by atoms with E-state index in [1.54, 1.807) is 6.92 Å². The maximum atomic E-state index is 12.2. The monoisotopic (exact) mass is 350 g/mol. The summed E-state index contributed by atoms with van der Waals surface area (Å²) in [6.45, 7) is 1.62. The molecule has 0 saturated carbocycles. The van der Waals surface area contributed by atoms with Crippen molar-refractivity contribution < 1.29 is 16.8 Å². The zero-order valence-corrected chi connectivity index (χ0v) is 13.7. The van der Waals surface area contributed by atoms with E-state index in [-0.39, 0.29) is 9.24 Å². The molecule has 0 aliphatic heterocycles. The van der Waals surface area contributed by atoms with Crippen molar-refractivity contribution >= 4 is 31.4 Å². The van der Waals surface area contributed by atoms with Gasteiger partial charge >= 0.3 is 0 Å². The number of rotatable bonds is 5. The lowest BCUT2D eigenvalue weighted by Crippen LogP contribution is -2.28. The molecular formula is C10H14N4O4S3. The number of hydrogen-bond acceptors (Lipinski definition) is 6. The van der Waals surface area contributed by atoms with E-state index in [2.05, 4.69) is 9.82 Å². The van der Waals surface area contributed by atoms with E-state index in [1.807, 2.05) is 0 Å². The highest BCUT2D eigenvalue weighted by Crippen LogP contribution is 2.26. The Balaban J connectivity index is 2.24. The molecule has 2 rings (SSSR count). The molecule has 0 saturated heterocycles. The van der Waals surface area contributed by atoms with E-state index >= 15 is 0 Å². The van der Waals surface area contributed by atoms with Crippen molar-refractivity contribution in [1.82, 2.24) is 14.5 Å². The molecule has 11 heteroatoms. The van der Waals surface area contributed by atoms with E-state index in [9.17, 15) is 16.8 Å². The number of nitrogens with two attached hydrogens (primary N) is 1. The minimum atomic E-state index is -3.78. The number of primary sulfonamides is 1. The predicted molar refractivity (Wildman–Crippen MR) is 77.6 cm³/mol. The lowest BCUT2D eigenvalue weighted by molar-refractivity contribution is 0.551. The second-order valence-electron chi connectivity index (χ2n) is 4.34. The van der Waals surface area contributed by atoms with E-state index in [1.165, 1.54) is 36.1 Å². The standard InChI is InChI=1S/C10H14N4O4S3/c1-7(8-3-4-10(19-8)20(11,15)16)13-21(17,18)9-5-6-12-14(9)2/h3-7,13H,1-2H3,(H2,11,15,16). The molecule has 21 heavy (non-hydrogen) atoms. The molecule has 0 aliphatic rings. The van der Waals surface area contributed by atoms with Gasteiger partial charge in [0.2, 0.25) is 10.0 Å². The summed E-state index contributed by atoms with van der Waals surface area (Å²) < 4.78 is 50.5. The summed E-state index contributed by atoms with van der Waals surface area (Å²) in [5.74, 6) is 0. The zero-order valence-electron chi connectivity index (χ0n) is 11.2. The minimum absolute atomic E-state index is 0.0101. The van der Waals surface area contributed by atoms with Gasteiger partial charge in [-0.2, -0.15) is 5.10 Å². The van der Waals surface area contributed by atoms with Gasteiger partial charge in [-0.3, -0.25) is 4.68 Å². The largest absolute Gasteiger partial charge is 0.258 e. The molecule has 0 aliphatic carbocycles. The molecule has 0 aromatic carbocycles. The molecule has 2 aromatic rings. The molecule has 0 radical (unpaired) electrons. The summed E-state index contributed by atoms with van der Waals surface area (Å²) in [6.07, 6.45) is 1.38. The fourth-order valence-corrected chi connectivity index (χ4v) is 4.87. The van der Waals surface area contributed by atoms with Crippen LogP contribution in [0.5, 0.6) is 0 Å². The number of nitrogens with one attached hydrogen (secondary N) is 1. The molecule has 1 unspecified atom stereocenters. The average Bonchev–Trinajstić information content (AvgIpc) is 2.95. The Kier molecular flexibility index (Phi) is 4.22. The maximum Gasteiger partial charge on any atom is 0.258 e. The molecule has 1 atom stereocenters. The quantitative estimate of drug-likeness (QED) is 0.795. The first kappa shape index (κ1) is 16.1. The first-order valence-corrected chi connectivity index (χ1v) is 9.59. The molecule has 0 bridgehead atoms. The van der Waals surface area contributed by atoms with Gasteiger partial charge in [0.25, 0.3) is 10.0 Å². The molecular weight excluding hydrogens is 336 g/mol. The summed E-state index contributed by atoms with van der Waals surface area (Å²) in [5, 5.41) is 8.86. The Bertz CT molecular complexity index is 851. The number of nitrogens with zero attached hydrogens (tertiary/aromatic N) is 2. The first-order chi connectivity index (χ1) is 9.61. The number of hydrogen-bond donors (Lipinski definition) is 2. The van der Waals surface area contributed by atoms with E-state index < -0.39 is 26.1 Å². The molecule has 0 fully saturated rings. The third-order valence-corrected chi connectivity index (χ3v) is 7.01. The minimum Gasteiger partial charge on any atom is -0.256 e. The summed E-state index contributed by atoms with van der Waals surface area (Å²) in [6, 6.07) is 3.66. The Hall–Kier alpha value is -1.27. The van der Waals surface area contributed by atoms with Gasteiger partial charge in [0.15, 0.2) is 5.03 Å². The van der Waals surface area contributed by atoms with Crippen molar-refractivity contribution in [3.8, 4) is 0 Å². The Labute approximate surface area is 126 Å². The van der Waals surface area contributed by atoms with Gasteiger partial charge in [-0.1, -0.05) is 0 Å². The number of aromatic nitrogens is 2. The second-order valence-corrected chi connectivity index (χ2v) is 8.90. The lowest BCUT2D eigenvalue weighted by atomic mass is 10.3.